The Labute approximate surface area is 169 Å². The van der Waals surface area contributed by atoms with E-state index in [2.05, 4.69) is 32.2 Å². The second kappa shape index (κ2) is 8.49. The van der Waals surface area contributed by atoms with Gasteiger partial charge in [0.15, 0.2) is 0 Å². The molecule has 0 saturated carbocycles. The molecule has 2 aliphatic rings. The largest absolute Gasteiger partial charge is 0.342 e. The molecule has 28 heavy (non-hydrogen) atoms. The normalized spacial score (nSPS) is 21.3. The number of amides is 1. The number of nitrogens with zero attached hydrogens (tertiary/aromatic N) is 3. The molecule has 8 heteroatoms. The summed E-state index contributed by atoms with van der Waals surface area (Å²) in [6.45, 7) is 4.85. The molecule has 1 amide bonds. The number of carbonyl (C=O) groups is 1. The van der Waals surface area contributed by atoms with Gasteiger partial charge in [-0.05, 0) is 55.3 Å². The number of carbonyl (C=O) groups excluding carboxylic acids is 1. The molecule has 2 aliphatic heterocycles. The maximum atomic E-state index is 12.4. The number of aromatic amines is 2. The van der Waals surface area contributed by atoms with Crippen LogP contribution in [0, 0.1) is 11.8 Å². The number of nitrogens with one attached hydrogen (secondary N) is 2. The minimum absolute atomic E-state index is 0.0389. The van der Waals surface area contributed by atoms with Gasteiger partial charge in [0, 0.05) is 31.2 Å². The highest BCUT2D eigenvalue weighted by atomic mass is 35.5. The van der Waals surface area contributed by atoms with Gasteiger partial charge in [0.2, 0.25) is 5.91 Å². The highest BCUT2D eigenvalue weighted by Crippen LogP contribution is 2.32. The predicted molar refractivity (Wildman–Crippen MR) is 107 cm³/mol. The number of aromatic nitrogens is 3. The van der Waals surface area contributed by atoms with E-state index >= 15 is 0 Å². The third-order valence-corrected chi connectivity index (χ3v) is 6.31. The standard InChI is InChI=1S/C20H26ClN5O2/c21-17-3-1-14(2-4-17)12-25-8-5-16(13-25)15-6-9-26(10-7-15)19(27)11-18-22-20(28)24-23-18/h1-4,15-16H,5-13H2,(H2,22,23,24,28). The van der Waals surface area contributed by atoms with Gasteiger partial charge in [-0.1, -0.05) is 23.7 Å². The Morgan fingerprint density at radius 3 is 2.50 bits per heavy atom. The molecule has 0 bridgehead atoms. The van der Waals surface area contributed by atoms with Crippen LogP contribution in [-0.4, -0.2) is 57.1 Å². The summed E-state index contributed by atoms with van der Waals surface area (Å²) >= 11 is 5.97. The summed E-state index contributed by atoms with van der Waals surface area (Å²) in [5.74, 6) is 1.85. The molecule has 0 aliphatic carbocycles. The number of benzene rings is 1. The first-order valence-corrected chi connectivity index (χ1v) is 10.3. The quantitative estimate of drug-likeness (QED) is 0.800. The van der Waals surface area contributed by atoms with E-state index in [1.807, 2.05) is 17.0 Å². The summed E-state index contributed by atoms with van der Waals surface area (Å²) in [5, 5.41) is 6.91. The summed E-state index contributed by atoms with van der Waals surface area (Å²) in [4.78, 5) is 30.5. The molecule has 2 saturated heterocycles. The molecule has 1 atom stereocenters. The minimum atomic E-state index is -0.370. The molecule has 0 radical (unpaired) electrons. The van der Waals surface area contributed by atoms with Crippen molar-refractivity contribution in [2.75, 3.05) is 26.2 Å². The van der Waals surface area contributed by atoms with E-state index in [4.69, 9.17) is 11.6 Å². The summed E-state index contributed by atoms with van der Waals surface area (Å²) in [6, 6.07) is 8.12. The molecule has 4 rings (SSSR count). The third kappa shape index (κ3) is 4.64. The Morgan fingerprint density at radius 1 is 1.11 bits per heavy atom. The van der Waals surface area contributed by atoms with Crippen LogP contribution in [0.4, 0.5) is 0 Å². The Balaban J connectivity index is 1.23. The average Bonchev–Trinajstić information content (AvgIpc) is 3.33. The number of rotatable bonds is 5. The molecule has 1 aromatic carbocycles. The third-order valence-electron chi connectivity index (χ3n) is 6.06. The fraction of sp³-hybridized carbons (Fsp3) is 0.550. The van der Waals surface area contributed by atoms with Gasteiger partial charge in [-0.15, -0.1) is 0 Å². The maximum absolute atomic E-state index is 12.4. The molecular weight excluding hydrogens is 378 g/mol. The lowest BCUT2D eigenvalue weighted by Gasteiger charge is -2.35. The Bertz CT molecular complexity index is 854. The first-order chi connectivity index (χ1) is 13.6. The zero-order valence-electron chi connectivity index (χ0n) is 15.9. The van der Waals surface area contributed by atoms with Crippen molar-refractivity contribution >= 4 is 17.5 Å². The minimum Gasteiger partial charge on any atom is -0.342 e. The number of hydrogen-bond donors (Lipinski definition) is 2. The van der Waals surface area contributed by atoms with Gasteiger partial charge in [0.1, 0.15) is 5.82 Å². The van der Waals surface area contributed by atoms with Crippen molar-refractivity contribution in [1.29, 1.82) is 0 Å². The number of H-pyrrole nitrogens is 2. The zero-order chi connectivity index (χ0) is 19.5. The van der Waals surface area contributed by atoms with Crippen LogP contribution in [0.25, 0.3) is 0 Å². The van der Waals surface area contributed by atoms with Crippen molar-refractivity contribution in [2.24, 2.45) is 11.8 Å². The molecule has 7 nitrogen and oxygen atoms in total. The van der Waals surface area contributed by atoms with Gasteiger partial charge in [-0.3, -0.25) is 14.7 Å². The second-order valence-electron chi connectivity index (χ2n) is 7.93. The van der Waals surface area contributed by atoms with Crippen molar-refractivity contribution in [3.05, 3.63) is 51.2 Å². The molecule has 3 heterocycles. The molecule has 2 aromatic rings. The Hall–Kier alpha value is -2.12. The SMILES string of the molecule is O=C(Cc1n[nH]c(=O)[nH]1)N1CCC(C2CCN(Cc3ccc(Cl)cc3)C2)CC1. The fourth-order valence-electron chi connectivity index (χ4n) is 4.50. The molecular formula is C20H26ClN5O2. The Morgan fingerprint density at radius 2 is 1.82 bits per heavy atom. The summed E-state index contributed by atoms with van der Waals surface area (Å²) < 4.78 is 0. The summed E-state index contributed by atoms with van der Waals surface area (Å²) in [5.41, 5.74) is 0.938. The molecule has 150 valence electrons. The summed E-state index contributed by atoms with van der Waals surface area (Å²) in [6.07, 6.45) is 3.51. The highest BCUT2D eigenvalue weighted by Gasteiger charge is 2.33. The highest BCUT2D eigenvalue weighted by molar-refractivity contribution is 6.30. The lowest BCUT2D eigenvalue weighted by Crippen LogP contribution is -2.41. The first-order valence-electron chi connectivity index (χ1n) is 9.95. The van der Waals surface area contributed by atoms with E-state index in [9.17, 15) is 9.59 Å². The van der Waals surface area contributed by atoms with Crippen molar-refractivity contribution in [1.82, 2.24) is 25.0 Å². The van der Waals surface area contributed by atoms with Gasteiger partial charge in [0.25, 0.3) is 0 Å². The monoisotopic (exact) mass is 403 g/mol. The zero-order valence-corrected chi connectivity index (χ0v) is 16.6. The van der Waals surface area contributed by atoms with Gasteiger partial charge < -0.3 is 4.90 Å². The van der Waals surface area contributed by atoms with E-state index < -0.39 is 0 Å². The van der Waals surface area contributed by atoms with Gasteiger partial charge in [-0.25, -0.2) is 9.89 Å². The number of hydrogen-bond acceptors (Lipinski definition) is 4. The van der Waals surface area contributed by atoms with Crippen molar-refractivity contribution in [3.8, 4) is 0 Å². The van der Waals surface area contributed by atoms with Crippen molar-refractivity contribution in [3.63, 3.8) is 0 Å². The van der Waals surface area contributed by atoms with Crippen LogP contribution in [0.15, 0.2) is 29.1 Å². The molecule has 0 spiro atoms. The van der Waals surface area contributed by atoms with Gasteiger partial charge in [-0.2, -0.15) is 5.10 Å². The summed E-state index contributed by atoms with van der Waals surface area (Å²) in [7, 11) is 0. The van der Waals surface area contributed by atoms with Crippen molar-refractivity contribution < 1.29 is 4.79 Å². The van der Waals surface area contributed by atoms with Crippen molar-refractivity contribution in [2.45, 2.75) is 32.2 Å². The van der Waals surface area contributed by atoms with E-state index in [0.29, 0.717) is 17.7 Å². The lowest BCUT2D eigenvalue weighted by molar-refractivity contribution is -0.132. The van der Waals surface area contributed by atoms with E-state index in [1.165, 1.54) is 12.0 Å². The van der Waals surface area contributed by atoms with Crippen LogP contribution in [0.3, 0.4) is 0 Å². The predicted octanol–water partition coefficient (Wildman–Crippen LogP) is 2.05. The van der Waals surface area contributed by atoms with Crippen LogP contribution in [-0.2, 0) is 17.8 Å². The van der Waals surface area contributed by atoms with Crippen LogP contribution < -0.4 is 5.69 Å². The second-order valence-corrected chi connectivity index (χ2v) is 8.37. The van der Waals surface area contributed by atoms with E-state index in [0.717, 1.165) is 50.6 Å². The molecule has 2 N–H and O–H groups in total. The van der Waals surface area contributed by atoms with E-state index in [1.54, 1.807) is 0 Å². The maximum Gasteiger partial charge on any atom is 0.340 e. The number of halogens is 1. The topological polar surface area (TPSA) is 85.1 Å². The van der Waals surface area contributed by atoms with Crippen LogP contribution in [0.2, 0.25) is 5.02 Å². The fourth-order valence-corrected chi connectivity index (χ4v) is 4.63. The number of likely N-dealkylation sites (tertiary alicyclic amines) is 2. The lowest BCUT2D eigenvalue weighted by atomic mass is 9.83. The van der Waals surface area contributed by atoms with Crippen LogP contribution in [0.1, 0.15) is 30.7 Å². The Kier molecular flexibility index (Phi) is 5.82. The average molecular weight is 404 g/mol. The van der Waals surface area contributed by atoms with Gasteiger partial charge >= 0.3 is 5.69 Å². The molecule has 1 unspecified atom stereocenters. The first kappa shape index (κ1) is 19.2. The molecule has 2 fully saturated rings. The van der Waals surface area contributed by atoms with Crippen LogP contribution in [0.5, 0.6) is 0 Å². The van der Waals surface area contributed by atoms with Gasteiger partial charge in [0.05, 0.1) is 6.42 Å². The van der Waals surface area contributed by atoms with E-state index in [-0.39, 0.29) is 18.0 Å². The molecule has 1 aromatic heterocycles. The smallest absolute Gasteiger partial charge is 0.340 e. The van der Waals surface area contributed by atoms with Crippen LogP contribution >= 0.6 is 11.6 Å². The number of piperidine rings is 1.